The van der Waals surface area contributed by atoms with E-state index in [2.05, 4.69) is 154 Å². The van der Waals surface area contributed by atoms with Crippen molar-refractivity contribution in [1.29, 1.82) is 5.26 Å². The van der Waals surface area contributed by atoms with E-state index < -0.39 is 5.41 Å². The molecule has 0 heterocycles. The fourth-order valence-electron chi connectivity index (χ4n) is 7.86. The summed E-state index contributed by atoms with van der Waals surface area (Å²) >= 11 is 0. The summed E-state index contributed by atoms with van der Waals surface area (Å²) in [6, 6.07) is 40.0. The molecule has 0 amide bonds. The number of rotatable bonds is 9. The molecule has 5 aromatic carbocycles. The van der Waals surface area contributed by atoms with Crippen molar-refractivity contribution in [3.05, 3.63) is 197 Å². The van der Waals surface area contributed by atoms with Crippen LogP contribution in [0.3, 0.4) is 0 Å². The van der Waals surface area contributed by atoms with Crippen LogP contribution in [0.25, 0.3) is 51.1 Å². The molecule has 1 spiro atoms. The van der Waals surface area contributed by atoms with Crippen molar-refractivity contribution in [2.75, 3.05) is 0 Å². The van der Waals surface area contributed by atoms with Crippen LogP contribution in [0.5, 0.6) is 0 Å². The van der Waals surface area contributed by atoms with E-state index in [1.165, 1.54) is 67.4 Å². The van der Waals surface area contributed by atoms with E-state index in [0.717, 1.165) is 29.5 Å². The Bertz CT molecular complexity index is 2240. The second-order valence-electron chi connectivity index (χ2n) is 12.5. The van der Waals surface area contributed by atoms with E-state index in [9.17, 15) is 5.26 Å². The lowest BCUT2D eigenvalue weighted by Crippen LogP contribution is -2.26. The maximum atomic E-state index is 9.28. The van der Waals surface area contributed by atoms with Crippen molar-refractivity contribution >= 4 is 17.7 Å². The summed E-state index contributed by atoms with van der Waals surface area (Å²) in [5.41, 5.74) is 22.4. The Balaban J connectivity index is 1.46. The summed E-state index contributed by atoms with van der Waals surface area (Å²) in [5, 5.41) is 9.28. The Hall–Kier alpha value is -6.17. The van der Waals surface area contributed by atoms with Gasteiger partial charge in [-0.3, -0.25) is 0 Å². The minimum Gasteiger partial charge on any atom is -0.405 e. The third kappa shape index (κ3) is 5.03. The third-order valence-electron chi connectivity index (χ3n) is 9.87. The molecule has 0 fully saturated rings. The standard InChI is InChI=1S/C47H38N2/c1-4-16-37-36(5-2)46-40-26-25-35(32(3)17-8-6-9-18-33(31-49)27-28-48)29-44(40)47(45(46)30-41(37)34-19-10-7-11-20-34)42-23-14-12-21-38(42)39-22-13-15-24-43(39)47/h4-5,7-8,10-30H,2-3,6,9,48H2,1H3/b16-4-,17-8-,28-27-,33-18+. The second kappa shape index (κ2) is 13.1. The van der Waals surface area contributed by atoms with Crippen LogP contribution in [-0.4, -0.2) is 0 Å². The first-order valence-electron chi connectivity index (χ1n) is 16.8. The zero-order valence-electron chi connectivity index (χ0n) is 27.8. The number of hydrogen-bond acceptors (Lipinski definition) is 2. The number of nitriles is 1. The van der Waals surface area contributed by atoms with Gasteiger partial charge in [0.1, 0.15) is 0 Å². The lowest BCUT2D eigenvalue weighted by molar-refractivity contribution is 0.793. The highest BCUT2D eigenvalue weighted by Gasteiger charge is 2.52. The first-order chi connectivity index (χ1) is 24.1. The van der Waals surface area contributed by atoms with Gasteiger partial charge in [0.05, 0.1) is 11.5 Å². The molecule has 0 saturated heterocycles. The van der Waals surface area contributed by atoms with E-state index in [1.54, 1.807) is 6.08 Å². The summed E-state index contributed by atoms with van der Waals surface area (Å²) in [6.45, 7) is 11.0. The van der Waals surface area contributed by atoms with Gasteiger partial charge >= 0.3 is 0 Å². The van der Waals surface area contributed by atoms with E-state index >= 15 is 0 Å². The van der Waals surface area contributed by atoms with E-state index in [4.69, 9.17) is 5.73 Å². The molecule has 7 rings (SSSR count). The van der Waals surface area contributed by atoms with Crippen LogP contribution in [-0.2, 0) is 5.41 Å². The van der Waals surface area contributed by atoms with Crippen LogP contribution < -0.4 is 5.73 Å². The molecule has 0 bridgehead atoms. The summed E-state index contributed by atoms with van der Waals surface area (Å²) in [5.74, 6) is 0. The van der Waals surface area contributed by atoms with Gasteiger partial charge < -0.3 is 5.73 Å². The first-order valence-corrected chi connectivity index (χ1v) is 16.8. The number of hydrogen-bond donors (Lipinski definition) is 1. The van der Waals surface area contributed by atoms with Crippen LogP contribution in [0.4, 0.5) is 0 Å². The normalized spacial score (nSPS) is 13.8. The molecule has 2 aliphatic carbocycles. The Morgan fingerprint density at radius 2 is 1.45 bits per heavy atom. The van der Waals surface area contributed by atoms with E-state index in [0.29, 0.717) is 5.57 Å². The van der Waals surface area contributed by atoms with Gasteiger partial charge in [-0.1, -0.05) is 141 Å². The average molecular weight is 631 g/mol. The average Bonchev–Trinajstić information content (AvgIpc) is 3.61. The van der Waals surface area contributed by atoms with Crippen LogP contribution in [0.2, 0.25) is 0 Å². The van der Waals surface area contributed by atoms with Gasteiger partial charge in [0, 0.05) is 5.57 Å². The Kier molecular flexibility index (Phi) is 8.43. The van der Waals surface area contributed by atoms with Crippen molar-refractivity contribution in [2.24, 2.45) is 5.73 Å². The molecule has 5 aromatic rings. The summed E-state index contributed by atoms with van der Waals surface area (Å²) in [6.07, 6.45) is 17.1. The second-order valence-corrected chi connectivity index (χ2v) is 12.5. The smallest absolute Gasteiger partial charge is 0.0988 e. The van der Waals surface area contributed by atoms with Gasteiger partial charge in [-0.2, -0.15) is 5.26 Å². The molecule has 2 heteroatoms. The van der Waals surface area contributed by atoms with Gasteiger partial charge in [0.15, 0.2) is 0 Å². The molecule has 0 saturated carbocycles. The van der Waals surface area contributed by atoms with Crippen molar-refractivity contribution in [2.45, 2.75) is 25.2 Å². The SMILES string of the molecule is C=Cc1c(/C=C\C)c(-c2ccccc2)cc2c1-c1ccc(C(=C)/C=C\CC/C=C(C#N)\C=C/N)cc1C21c2ccccc2-c2ccccc21. The molecule has 0 aliphatic heterocycles. The highest BCUT2D eigenvalue weighted by Crippen LogP contribution is 2.64. The van der Waals surface area contributed by atoms with Crippen molar-refractivity contribution < 1.29 is 0 Å². The van der Waals surface area contributed by atoms with Crippen LogP contribution in [0.1, 0.15) is 58.7 Å². The third-order valence-corrected chi connectivity index (χ3v) is 9.87. The number of allylic oxidation sites excluding steroid dienone is 7. The lowest BCUT2D eigenvalue weighted by atomic mass is 9.69. The molecule has 0 atom stereocenters. The lowest BCUT2D eigenvalue weighted by Gasteiger charge is -2.31. The van der Waals surface area contributed by atoms with Gasteiger partial charge in [-0.25, -0.2) is 0 Å². The predicted molar refractivity (Wildman–Crippen MR) is 207 cm³/mol. The van der Waals surface area contributed by atoms with Gasteiger partial charge in [-0.05, 0) is 122 Å². The monoisotopic (exact) mass is 630 g/mol. The summed E-state index contributed by atoms with van der Waals surface area (Å²) in [4.78, 5) is 0. The molecule has 0 unspecified atom stereocenters. The van der Waals surface area contributed by atoms with Crippen LogP contribution in [0, 0.1) is 11.3 Å². The van der Waals surface area contributed by atoms with E-state index in [1.807, 2.05) is 12.2 Å². The number of benzene rings is 5. The van der Waals surface area contributed by atoms with Crippen LogP contribution in [0.15, 0.2) is 158 Å². The topological polar surface area (TPSA) is 49.8 Å². The van der Waals surface area contributed by atoms with Crippen molar-refractivity contribution in [1.82, 2.24) is 0 Å². The van der Waals surface area contributed by atoms with Gasteiger partial charge in [0.2, 0.25) is 0 Å². The number of fused-ring (bicyclic) bond motifs is 10. The zero-order valence-corrected chi connectivity index (χ0v) is 27.8. The predicted octanol–water partition coefficient (Wildman–Crippen LogP) is 11.6. The highest BCUT2D eigenvalue weighted by atomic mass is 14.5. The maximum Gasteiger partial charge on any atom is 0.0988 e. The van der Waals surface area contributed by atoms with Crippen LogP contribution >= 0.6 is 0 Å². The fraction of sp³-hybridized carbons (Fsp3) is 0.0851. The molecule has 2 N–H and O–H groups in total. The molecule has 49 heavy (non-hydrogen) atoms. The minimum atomic E-state index is -0.511. The number of nitrogens with zero attached hydrogens (tertiary/aromatic N) is 1. The molecule has 236 valence electrons. The molecule has 0 aromatic heterocycles. The first kappa shape index (κ1) is 31.4. The molecule has 2 aliphatic rings. The summed E-state index contributed by atoms with van der Waals surface area (Å²) < 4.78 is 0. The highest BCUT2D eigenvalue weighted by molar-refractivity contribution is 6.01. The number of unbranched alkanes of at least 4 members (excludes halogenated alkanes) is 1. The van der Waals surface area contributed by atoms with Crippen molar-refractivity contribution in [3.8, 4) is 39.4 Å². The minimum absolute atomic E-state index is 0.511. The Morgan fingerprint density at radius 1 is 0.755 bits per heavy atom. The molecular formula is C47H38N2. The van der Waals surface area contributed by atoms with E-state index in [-0.39, 0.29) is 0 Å². The molecular weight excluding hydrogens is 593 g/mol. The Morgan fingerprint density at radius 3 is 2.10 bits per heavy atom. The maximum absolute atomic E-state index is 9.28. The largest absolute Gasteiger partial charge is 0.405 e. The summed E-state index contributed by atoms with van der Waals surface area (Å²) in [7, 11) is 0. The quantitative estimate of drug-likeness (QED) is 0.0980. The zero-order chi connectivity index (χ0) is 34.0. The Labute approximate surface area is 289 Å². The molecule has 2 nitrogen and oxygen atoms in total. The number of nitrogens with two attached hydrogens (primary N) is 1. The van der Waals surface area contributed by atoms with Gasteiger partial charge in [0.25, 0.3) is 0 Å². The molecule has 0 radical (unpaired) electrons. The van der Waals surface area contributed by atoms with Gasteiger partial charge in [-0.15, -0.1) is 0 Å². The fourth-order valence-corrected chi connectivity index (χ4v) is 7.86. The van der Waals surface area contributed by atoms with Crippen molar-refractivity contribution in [3.63, 3.8) is 0 Å².